The average molecular weight is 323 g/mol. The van der Waals surface area contributed by atoms with E-state index in [1.54, 1.807) is 6.07 Å². The van der Waals surface area contributed by atoms with E-state index in [1.807, 2.05) is 43.3 Å². The Kier molecular flexibility index (Phi) is 3.57. The van der Waals surface area contributed by atoms with Crippen LogP contribution in [0.3, 0.4) is 0 Å². The van der Waals surface area contributed by atoms with Crippen molar-refractivity contribution >= 4 is 27.8 Å². The molecule has 2 unspecified atom stereocenters. The predicted molar refractivity (Wildman–Crippen MR) is 94.1 cm³/mol. The number of furan rings is 1. The van der Waals surface area contributed by atoms with Gasteiger partial charge in [-0.2, -0.15) is 0 Å². The summed E-state index contributed by atoms with van der Waals surface area (Å²) >= 11 is 0. The predicted octanol–water partition coefficient (Wildman–Crippen LogP) is 4.01. The number of hydrogen-bond donors (Lipinski definition) is 2. The molecule has 124 valence electrons. The van der Waals surface area contributed by atoms with Gasteiger partial charge >= 0.3 is 0 Å². The van der Waals surface area contributed by atoms with Crippen molar-refractivity contribution in [2.75, 3.05) is 0 Å². The Bertz CT molecular complexity index is 914. The Morgan fingerprint density at radius 1 is 1.25 bits per heavy atom. The largest absolute Gasteiger partial charge is 0.456 e. The third-order valence-corrected chi connectivity index (χ3v) is 5.22. The molecule has 4 rings (SSSR count). The molecule has 0 aliphatic heterocycles. The fourth-order valence-corrected chi connectivity index (χ4v) is 3.69. The van der Waals surface area contributed by atoms with E-state index >= 15 is 0 Å². The van der Waals surface area contributed by atoms with Crippen LogP contribution in [0, 0.1) is 0 Å². The van der Waals surface area contributed by atoms with Gasteiger partial charge in [0.15, 0.2) is 0 Å². The van der Waals surface area contributed by atoms with E-state index in [9.17, 15) is 9.90 Å². The quantitative estimate of drug-likeness (QED) is 0.765. The zero-order chi connectivity index (χ0) is 16.7. The number of nitrogens with one attached hydrogen (secondary N) is 1. The molecule has 1 aromatic heterocycles. The summed E-state index contributed by atoms with van der Waals surface area (Å²) in [5.74, 6) is -0.0902. The summed E-state index contributed by atoms with van der Waals surface area (Å²) in [5.41, 5.74) is 1.62. The summed E-state index contributed by atoms with van der Waals surface area (Å²) in [5, 5.41) is 15.4. The highest BCUT2D eigenvalue weighted by Crippen LogP contribution is 2.33. The molecule has 4 heteroatoms. The van der Waals surface area contributed by atoms with Crippen molar-refractivity contribution in [3.05, 3.63) is 48.0 Å². The first-order chi connectivity index (χ1) is 11.6. The number of carbonyl (C=O) groups is 1. The Balaban J connectivity index is 1.60. The zero-order valence-corrected chi connectivity index (χ0v) is 13.7. The summed E-state index contributed by atoms with van der Waals surface area (Å²) in [6.45, 7) is 1.99. The first-order valence-corrected chi connectivity index (χ1v) is 8.52. The van der Waals surface area contributed by atoms with Crippen LogP contribution in [0.25, 0.3) is 21.9 Å². The Morgan fingerprint density at radius 3 is 2.83 bits per heavy atom. The normalized spacial score (nSPS) is 23.8. The van der Waals surface area contributed by atoms with E-state index in [1.165, 1.54) is 0 Å². The van der Waals surface area contributed by atoms with E-state index in [-0.39, 0.29) is 11.9 Å². The molecule has 24 heavy (non-hydrogen) atoms. The summed E-state index contributed by atoms with van der Waals surface area (Å²) in [6.07, 6.45) is 2.94. The van der Waals surface area contributed by atoms with Crippen LogP contribution in [0.1, 0.15) is 43.0 Å². The summed E-state index contributed by atoms with van der Waals surface area (Å²) < 4.78 is 5.80. The van der Waals surface area contributed by atoms with Gasteiger partial charge in [0.05, 0.1) is 5.60 Å². The Labute approximate surface area is 140 Å². The first-order valence-electron chi connectivity index (χ1n) is 8.52. The lowest BCUT2D eigenvalue weighted by atomic mass is 9.99. The van der Waals surface area contributed by atoms with E-state index in [2.05, 4.69) is 5.32 Å². The van der Waals surface area contributed by atoms with Crippen LogP contribution in [-0.4, -0.2) is 22.7 Å². The molecule has 0 radical (unpaired) electrons. The minimum absolute atomic E-state index is 0.0410. The van der Waals surface area contributed by atoms with Crippen molar-refractivity contribution in [2.45, 2.75) is 44.2 Å². The molecule has 1 heterocycles. The van der Waals surface area contributed by atoms with Gasteiger partial charge in [0, 0.05) is 22.4 Å². The number of para-hydroxylation sites is 1. The average Bonchev–Trinajstić information content (AvgIpc) is 3.15. The maximum atomic E-state index is 12.6. The molecular formula is C20H21NO3. The lowest BCUT2D eigenvalue weighted by molar-refractivity contribution is 0.0413. The highest BCUT2D eigenvalue weighted by atomic mass is 16.3. The van der Waals surface area contributed by atoms with Gasteiger partial charge in [-0.3, -0.25) is 4.79 Å². The van der Waals surface area contributed by atoms with Gasteiger partial charge in [0.25, 0.3) is 5.91 Å². The van der Waals surface area contributed by atoms with Gasteiger partial charge in [0.1, 0.15) is 11.2 Å². The second-order valence-corrected chi connectivity index (χ2v) is 6.80. The lowest BCUT2D eigenvalue weighted by Crippen LogP contribution is -2.35. The number of rotatable bonds is 3. The van der Waals surface area contributed by atoms with Gasteiger partial charge in [-0.1, -0.05) is 25.1 Å². The van der Waals surface area contributed by atoms with Crippen molar-refractivity contribution in [2.24, 2.45) is 0 Å². The first kappa shape index (κ1) is 15.2. The van der Waals surface area contributed by atoms with Crippen LogP contribution in [-0.2, 0) is 0 Å². The van der Waals surface area contributed by atoms with Crippen LogP contribution in [0.5, 0.6) is 0 Å². The molecule has 0 spiro atoms. The molecule has 0 bridgehead atoms. The maximum Gasteiger partial charge on any atom is 0.251 e. The minimum Gasteiger partial charge on any atom is -0.456 e. The third-order valence-electron chi connectivity index (χ3n) is 5.22. The third kappa shape index (κ3) is 2.57. The van der Waals surface area contributed by atoms with Crippen LogP contribution >= 0.6 is 0 Å². The Hall–Kier alpha value is -2.33. The van der Waals surface area contributed by atoms with Crippen LogP contribution in [0.2, 0.25) is 0 Å². The summed E-state index contributed by atoms with van der Waals surface area (Å²) in [4.78, 5) is 12.6. The van der Waals surface area contributed by atoms with E-state index in [4.69, 9.17) is 4.42 Å². The molecule has 2 atom stereocenters. The van der Waals surface area contributed by atoms with Crippen molar-refractivity contribution in [3.63, 3.8) is 0 Å². The smallest absolute Gasteiger partial charge is 0.251 e. The van der Waals surface area contributed by atoms with E-state index < -0.39 is 5.60 Å². The molecule has 0 saturated heterocycles. The number of fused-ring (bicyclic) bond motifs is 3. The molecule has 2 aromatic carbocycles. The standard InChI is InChI=1S/C20H21NO3/c1-2-20(23)10-9-14(12-20)21-19(22)13-7-8-18-16(11-13)15-5-3-4-6-17(15)24-18/h3-8,11,14,23H,2,9-10,12H2,1H3,(H,21,22). The second kappa shape index (κ2) is 5.64. The SMILES string of the molecule is CCC1(O)CCC(NC(=O)c2ccc3oc4ccccc4c3c2)C1. The van der Waals surface area contributed by atoms with Gasteiger partial charge in [0.2, 0.25) is 0 Å². The lowest BCUT2D eigenvalue weighted by Gasteiger charge is -2.20. The molecular weight excluding hydrogens is 302 g/mol. The van der Waals surface area contributed by atoms with Gasteiger partial charge in [-0.05, 0) is 49.9 Å². The van der Waals surface area contributed by atoms with Gasteiger partial charge in [-0.25, -0.2) is 0 Å². The minimum atomic E-state index is -0.622. The second-order valence-electron chi connectivity index (χ2n) is 6.80. The van der Waals surface area contributed by atoms with Crippen molar-refractivity contribution in [1.29, 1.82) is 0 Å². The van der Waals surface area contributed by atoms with Crippen LogP contribution in [0.15, 0.2) is 46.9 Å². The van der Waals surface area contributed by atoms with E-state index in [0.717, 1.165) is 41.2 Å². The molecule has 3 aromatic rings. The van der Waals surface area contributed by atoms with Crippen LogP contribution < -0.4 is 5.32 Å². The number of amides is 1. The highest BCUT2D eigenvalue weighted by molar-refractivity contribution is 6.08. The molecule has 1 saturated carbocycles. The summed E-state index contributed by atoms with van der Waals surface area (Å²) in [7, 11) is 0. The number of hydrogen-bond acceptors (Lipinski definition) is 3. The molecule has 4 nitrogen and oxygen atoms in total. The van der Waals surface area contributed by atoms with Crippen molar-refractivity contribution < 1.29 is 14.3 Å². The van der Waals surface area contributed by atoms with Crippen LogP contribution in [0.4, 0.5) is 0 Å². The maximum absolute atomic E-state index is 12.6. The van der Waals surface area contributed by atoms with Crippen molar-refractivity contribution in [3.8, 4) is 0 Å². The molecule has 1 amide bonds. The highest BCUT2D eigenvalue weighted by Gasteiger charge is 2.36. The van der Waals surface area contributed by atoms with E-state index in [0.29, 0.717) is 12.0 Å². The van der Waals surface area contributed by atoms with Crippen molar-refractivity contribution in [1.82, 2.24) is 5.32 Å². The number of benzene rings is 2. The van der Waals surface area contributed by atoms with Gasteiger partial charge in [-0.15, -0.1) is 0 Å². The molecule has 2 N–H and O–H groups in total. The Morgan fingerprint density at radius 2 is 2.04 bits per heavy atom. The monoisotopic (exact) mass is 323 g/mol. The molecule has 1 fully saturated rings. The fraction of sp³-hybridized carbons (Fsp3) is 0.350. The fourth-order valence-electron chi connectivity index (χ4n) is 3.69. The molecule has 1 aliphatic carbocycles. The number of carbonyl (C=O) groups excluding carboxylic acids is 1. The molecule has 1 aliphatic rings. The number of aliphatic hydroxyl groups is 1. The zero-order valence-electron chi connectivity index (χ0n) is 13.7. The van der Waals surface area contributed by atoms with Gasteiger partial charge < -0.3 is 14.8 Å². The summed E-state index contributed by atoms with van der Waals surface area (Å²) in [6, 6.07) is 13.4. The topological polar surface area (TPSA) is 62.5 Å².